The Morgan fingerprint density at radius 3 is 2.32 bits per heavy atom. The largest absolute Gasteiger partial charge is 0.465 e. The molecule has 5 nitrogen and oxygen atoms in total. The molecular formula is C21H29NO4S2. The van der Waals surface area contributed by atoms with E-state index in [9.17, 15) is 9.59 Å². The molecule has 2 rings (SSSR count). The van der Waals surface area contributed by atoms with Crippen LogP contribution in [-0.2, 0) is 20.7 Å². The van der Waals surface area contributed by atoms with Crippen molar-refractivity contribution in [3.63, 3.8) is 0 Å². The van der Waals surface area contributed by atoms with E-state index in [1.165, 1.54) is 6.42 Å². The van der Waals surface area contributed by atoms with Crippen molar-refractivity contribution >= 4 is 33.7 Å². The van der Waals surface area contributed by atoms with E-state index < -0.39 is 6.09 Å². The van der Waals surface area contributed by atoms with Gasteiger partial charge in [0.05, 0.1) is 6.42 Å². The quantitative estimate of drug-likeness (QED) is 0.320. The van der Waals surface area contributed by atoms with Crippen molar-refractivity contribution < 1.29 is 19.1 Å². The van der Waals surface area contributed by atoms with E-state index in [-0.39, 0.29) is 11.4 Å². The molecule has 1 saturated carbocycles. The highest BCUT2D eigenvalue weighted by Crippen LogP contribution is 2.34. The third-order valence-corrected chi connectivity index (χ3v) is 6.87. The van der Waals surface area contributed by atoms with Crippen molar-refractivity contribution in [2.75, 3.05) is 31.3 Å². The van der Waals surface area contributed by atoms with Gasteiger partial charge in [0.1, 0.15) is 13.2 Å². The number of carbonyl (C=O) groups is 2. The Labute approximate surface area is 176 Å². The zero-order chi connectivity index (χ0) is 20.1. The first-order valence-electron chi connectivity index (χ1n) is 9.71. The predicted molar refractivity (Wildman–Crippen MR) is 115 cm³/mol. The topological polar surface area (TPSA) is 64.6 Å². The second kappa shape index (κ2) is 13.0. The molecule has 1 N–H and O–H groups in total. The van der Waals surface area contributed by atoms with Crippen LogP contribution in [0.25, 0.3) is 0 Å². The smallest absolute Gasteiger partial charge is 0.407 e. The number of amides is 1. The third-order valence-electron chi connectivity index (χ3n) is 4.54. The first-order chi connectivity index (χ1) is 13.6. The minimum absolute atomic E-state index is 0.215. The van der Waals surface area contributed by atoms with E-state index in [4.69, 9.17) is 16.4 Å². The van der Waals surface area contributed by atoms with E-state index in [2.05, 4.69) is 5.32 Å². The average Bonchev–Trinajstić information content (AvgIpc) is 2.70. The molecule has 1 amide bonds. The van der Waals surface area contributed by atoms with Crippen LogP contribution in [0.5, 0.6) is 0 Å². The van der Waals surface area contributed by atoms with E-state index in [0.29, 0.717) is 37.7 Å². The van der Waals surface area contributed by atoms with Crippen molar-refractivity contribution in [1.82, 2.24) is 5.32 Å². The fraction of sp³-hybridized carbons (Fsp3) is 0.571. The predicted octanol–water partition coefficient (Wildman–Crippen LogP) is 4.54. The van der Waals surface area contributed by atoms with Crippen molar-refractivity contribution in [3.8, 4) is 0 Å². The van der Waals surface area contributed by atoms with Gasteiger partial charge in [-0.15, -0.1) is 0 Å². The molecule has 0 atom stereocenters. The molecule has 0 aliphatic heterocycles. The number of esters is 1. The number of alkyl carbamates (subject to hydrolysis) is 1. The Kier molecular flexibility index (Phi) is 10.6. The van der Waals surface area contributed by atoms with Gasteiger partial charge in [0, 0.05) is 18.1 Å². The van der Waals surface area contributed by atoms with Gasteiger partial charge in [0.25, 0.3) is 0 Å². The summed E-state index contributed by atoms with van der Waals surface area (Å²) >= 11 is 0. The lowest BCUT2D eigenvalue weighted by Crippen LogP contribution is -2.37. The molecule has 0 spiro atoms. The van der Waals surface area contributed by atoms with Crippen LogP contribution in [0.4, 0.5) is 4.79 Å². The Bertz CT molecular complexity index is 591. The van der Waals surface area contributed by atoms with Gasteiger partial charge >= 0.3 is 12.1 Å². The monoisotopic (exact) mass is 423 g/mol. The summed E-state index contributed by atoms with van der Waals surface area (Å²) in [6, 6.07) is 9.54. The van der Waals surface area contributed by atoms with E-state index in [1.807, 2.05) is 30.3 Å². The molecule has 1 fully saturated rings. The van der Waals surface area contributed by atoms with Crippen LogP contribution in [0.15, 0.2) is 30.3 Å². The van der Waals surface area contributed by atoms with Gasteiger partial charge < -0.3 is 14.8 Å². The lowest BCUT2D eigenvalue weighted by atomic mass is 9.76. The van der Waals surface area contributed by atoms with E-state index in [1.54, 1.807) is 21.6 Å². The number of carbonyl (C=O) groups excluding carboxylic acids is 2. The maximum absolute atomic E-state index is 11.7. The number of benzene rings is 1. The molecule has 2 radical (unpaired) electrons. The molecular weight excluding hydrogens is 394 g/mol. The highest BCUT2D eigenvalue weighted by molar-refractivity contribution is 8.76. The van der Waals surface area contributed by atoms with Crippen LogP contribution in [0.3, 0.4) is 0 Å². The lowest BCUT2D eigenvalue weighted by Gasteiger charge is -2.33. The van der Waals surface area contributed by atoms with Crippen LogP contribution in [0.2, 0.25) is 0 Å². The maximum atomic E-state index is 11.7. The number of nitrogens with one attached hydrogen (secondary N) is 1. The molecule has 0 heterocycles. The first-order valence-corrected chi connectivity index (χ1v) is 12.2. The van der Waals surface area contributed by atoms with Crippen LogP contribution in [0.1, 0.15) is 37.7 Å². The van der Waals surface area contributed by atoms with Gasteiger partial charge in [-0.1, -0.05) is 71.2 Å². The molecule has 1 aromatic rings. The van der Waals surface area contributed by atoms with Gasteiger partial charge in [0.2, 0.25) is 0 Å². The molecule has 154 valence electrons. The normalized spacial score (nSPS) is 15.6. The van der Waals surface area contributed by atoms with Gasteiger partial charge in [-0.2, -0.15) is 0 Å². The van der Waals surface area contributed by atoms with Crippen LogP contribution in [0, 0.1) is 12.3 Å². The third kappa shape index (κ3) is 9.73. The van der Waals surface area contributed by atoms with Crippen molar-refractivity contribution in [2.45, 2.75) is 38.5 Å². The van der Waals surface area contributed by atoms with Crippen LogP contribution in [-0.4, -0.2) is 43.3 Å². The van der Waals surface area contributed by atoms with Crippen molar-refractivity contribution in [3.05, 3.63) is 42.8 Å². The minimum atomic E-state index is -0.407. The van der Waals surface area contributed by atoms with Gasteiger partial charge in [0.15, 0.2) is 0 Å². The number of hydrogen-bond acceptors (Lipinski definition) is 6. The van der Waals surface area contributed by atoms with Gasteiger partial charge in [-0.05, 0) is 30.7 Å². The molecule has 0 saturated heterocycles. The summed E-state index contributed by atoms with van der Waals surface area (Å²) in [5.74, 6) is 1.17. The summed E-state index contributed by atoms with van der Waals surface area (Å²) in [4.78, 5) is 23.4. The van der Waals surface area contributed by atoms with Crippen LogP contribution < -0.4 is 5.32 Å². The fourth-order valence-electron chi connectivity index (χ4n) is 3.02. The second-order valence-corrected chi connectivity index (χ2v) is 9.64. The molecule has 1 aliphatic carbocycles. The average molecular weight is 424 g/mol. The Morgan fingerprint density at radius 1 is 1.00 bits per heavy atom. The number of ether oxygens (including phenoxy) is 2. The molecule has 1 aromatic carbocycles. The highest BCUT2D eigenvalue weighted by atomic mass is 33.1. The first kappa shape index (κ1) is 22.9. The number of rotatable bonds is 11. The van der Waals surface area contributed by atoms with E-state index >= 15 is 0 Å². The zero-order valence-corrected chi connectivity index (χ0v) is 17.8. The van der Waals surface area contributed by atoms with Crippen molar-refractivity contribution in [1.29, 1.82) is 0 Å². The van der Waals surface area contributed by atoms with E-state index in [0.717, 1.165) is 31.2 Å². The highest BCUT2D eigenvalue weighted by Gasteiger charge is 2.27. The molecule has 7 heteroatoms. The molecule has 0 bridgehead atoms. The summed E-state index contributed by atoms with van der Waals surface area (Å²) in [6.45, 7) is 7.48. The molecule has 1 aliphatic rings. The Balaban J connectivity index is 1.41. The summed E-state index contributed by atoms with van der Waals surface area (Å²) < 4.78 is 10.4. The summed E-state index contributed by atoms with van der Waals surface area (Å²) in [5.41, 5.74) is 0.675. The zero-order valence-electron chi connectivity index (χ0n) is 16.2. The van der Waals surface area contributed by atoms with Gasteiger partial charge in [-0.25, -0.2) is 4.79 Å². The Morgan fingerprint density at radius 2 is 1.64 bits per heavy atom. The fourth-order valence-corrected chi connectivity index (χ4v) is 4.68. The lowest BCUT2D eigenvalue weighted by molar-refractivity contribution is -0.142. The summed E-state index contributed by atoms with van der Waals surface area (Å²) in [7, 11) is 3.19. The molecule has 28 heavy (non-hydrogen) atoms. The summed E-state index contributed by atoms with van der Waals surface area (Å²) in [5, 5.41) is 2.78. The van der Waals surface area contributed by atoms with Crippen LogP contribution >= 0.6 is 21.6 Å². The SMILES string of the molecule is [CH]C1(CNC(=O)OCCSSCCOC(=O)Cc2ccccc2)CCCCC1. The minimum Gasteiger partial charge on any atom is -0.465 e. The standard InChI is InChI=1S/C21H29NO4S2/c1-21(10-6-3-7-11-21)17-22-20(24)26-13-15-28-27-14-12-25-19(23)16-18-8-4-2-5-9-18/h1-2,4-5,8-9H,3,6-7,10-17H2,(H,22,24). The van der Waals surface area contributed by atoms with Crippen molar-refractivity contribution in [2.24, 2.45) is 5.41 Å². The number of hydrogen-bond donors (Lipinski definition) is 1. The molecule has 0 unspecified atom stereocenters. The maximum Gasteiger partial charge on any atom is 0.407 e. The second-order valence-electron chi connectivity index (χ2n) is 6.94. The van der Waals surface area contributed by atoms with Gasteiger partial charge in [-0.3, -0.25) is 4.79 Å². The molecule has 0 aromatic heterocycles. The summed E-state index contributed by atoms with van der Waals surface area (Å²) in [6.07, 6.45) is 5.28. The Hall–Kier alpha value is -1.34.